The second-order valence-corrected chi connectivity index (χ2v) is 14.0. The van der Waals surface area contributed by atoms with E-state index in [-0.39, 0.29) is 17.2 Å². The van der Waals surface area contributed by atoms with Crippen molar-refractivity contribution in [2.45, 2.75) is 77.5 Å². The van der Waals surface area contributed by atoms with E-state index < -0.39 is 8.32 Å². The quantitative estimate of drug-likeness (QED) is 0.284. The van der Waals surface area contributed by atoms with Gasteiger partial charge in [-0.3, -0.25) is 0 Å². The van der Waals surface area contributed by atoms with Gasteiger partial charge in [-0.1, -0.05) is 108 Å². The zero-order valence-electron chi connectivity index (χ0n) is 20.4. The van der Waals surface area contributed by atoms with E-state index in [0.717, 1.165) is 25.7 Å². The van der Waals surface area contributed by atoms with Crippen LogP contribution in [0.25, 0.3) is 0 Å². The van der Waals surface area contributed by atoms with Crippen LogP contribution in [0, 0.1) is 5.92 Å². The van der Waals surface area contributed by atoms with Crippen molar-refractivity contribution in [3.05, 3.63) is 73.3 Å². The minimum atomic E-state index is -2.55. The van der Waals surface area contributed by atoms with Crippen molar-refractivity contribution in [2.75, 3.05) is 7.11 Å². The van der Waals surface area contributed by atoms with Crippen LogP contribution in [0.3, 0.4) is 0 Å². The van der Waals surface area contributed by atoms with E-state index in [2.05, 4.69) is 102 Å². The normalized spacial score (nSPS) is 15.3. The first-order valence-corrected chi connectivity index (χ1v) is 13.6. The van der Waals surface area contributed by atoms with E-state index in [9.17, 15) is 0 Å². The third-order valence-corrected chi connectivity index (χ3v) is 11.4. The summed E-state index contributed by atoms with van der Waals surface area (Å²) < 4.78 is 13.3. The third kappa shape index (κ3) is 6.41. The third-order valence-electron chi connectivity index (χ3n) is 6.27. The Morgan fingerprint density at radius 1 is 0.903 bits per heavy atom. The predicted molar refractivity (Wildman–Crippen MR) is 137 cm³/mol. The largest absolute Gasteiger partial charge is 0.404 e. The lowest BCUT2D eigenvalue weighted by molar-refractivity contribution is 0.0374. The van der Waals surface area contributed by atoms with Crippen LogP contribution in [0.15, 0.2) is 73.3 Å². The van der Waals surface area contributed by atoms with Crippen LogP contribution in [-0.2, 0) is 9.16 Å². The molecule has 0 saturated heterocycles. The number of ether oxygens (including phenoxy) is 1. The number of hydrogen-bond acceptors (Lipinski definition) is 2. The van der Waals surface area contributed by atoms with Crippen LogP contribution in [0.1, 0.15) is 60.3 Å². The highest BCUT2D eigenvalue weighted by atomic mass is 28.4. The molecule has 0 aliphatic rings. The van der Waals surface area contributed by atoms with E-state index in [1.165, 1.54) is 10.4 Å². The second kappa shape index (κ2) is 11.8. The Morgan fingerprint density at radius 2 is 1.42 bits per heavy atom. The molecule has 0 heterocycles. The van der Waals surface area contributed by atoms with Crippen LogP contribution in [0.4, 0.5) is 0 Å². The number of rotatable bonds is 12. The molecule has 2 aromatic rings. The summed E-state index contributed by atoms with van der Waals surface area (Å²) in [4.78, 5) is 0. The Bertz CT molecular complexity index is 727. The molecule has 0 aromatic heterocycles. The fourth-order valence-corrected chi connectivity index (χ4v) is 9.31. The zero-order chi connectivity index (χ0) is 22.9. The van der Waals surface area contributed by atoms with Gasteiger partial charge in [0.15, 0.2) is 0 Å². The summed E-state index contributed by atoms with van der Waals surface area (Å²) >= 11 is 0. The van der Waals surface area contributed by atoms with Gasteiger partial charge in [-0.05, 0) is 40.6 Å². The maximum absolute atomic E-state index is 7.40. The monoisotopic (exact) mass is 438 g/mol. The number of hydrogen-bond donors (Lipinski definition) is 0. The van der Waals surface area contributed by atoms with Gasteiger partial charge < -0.3 is 9.16 Å². The maximum atomic E-state index is 7.40. The smallest absolute Gasteiger partial charge is 0.261 e. The van der Waals surface area contributed by atoms with Gasteiger partial charge in [0, 0.05) is 13.2 Å². The van der Waals surface area contributed by atoms with Gasteiger partial charge in [-0.15, -0.1) is 6.58 Å². The van der Waals surface area contributed by atoms with Gasteiger partial charge in [0.1, 0.15) is 0 Å². The van der Waals surface area contributed by atoms with Gasteiger partial charge in [0.25, 0.3) is 8.32 Å². The van der Waals surface area contributed by atoms with Gasteiger partial charge in [0.05, 0.1) is 6.10 Å². The number of benzene rings is 2. The van der Waals surface area contributed by atoms with E-state index in [4.69, 9.17) is 9.16 Å². The molecule has 0 radical (unpaired) electrons. The summed E-state index contributed by atoms with van der Waals surface area (Å²) in [7, 11) is -0.727. The molecular weight excluding hydrogens is 396 g/mol. The molecule has 0 bridgehead atoms. The summed E-state index contributed by atoms with van der Waals surface area (Å²) in [5.74, 6) is 0.431. The minimum Gasteiger partial charge on any atom is -0.404 e. The zero-order valence-corrected chi connectivity index (χ0v) is 21.4. The van der Waals surface area contributed by atoms with Gasteiger partial charge >= 0.3 is 0 Å². The fraction of sp³-hybridized carbons (Fsp3) is 0.500. The molecule has 0 N–H and O–H groups in total. The van der Waals surface area contributed by atoms with Crippen molar-refractivity contribution in [3.8, 4) is 0 Å². The van der Waals surface area contributed by atoms with Crippen molar-refractivity contribution < 1.29 is 9.16 Å². The first kappa shape index (κ1) is 25.6. The highest BCUT2D eigenvalue weighted by molar-refractivity contribution is 6.99. The molecule has 0 aliphatic carbocycles. The second-order valence-electron chi connectivity index (χ2n) is 9.73. The summed E-state index contributed by atoms with van der Waals surface area (Å²) in [6, 6.07) is 21.8. The van der Waals surface area contributed by atoms with E-state index in [1.54, 1.807) is 0 Å². The maximum Gasteiger partial charge on any atom is 0.261 e. The molecular formula is C28H42O2Si. The van der Waals surface area contributed by atoms with Crippen LogP contribution < -0.4 is 10.4 Å². The standard InChI is InChI=1S/C28H42O2Si/c1-8-16-24(22-25(29-7)21-23(3)9-2)30-31(28(4,5)6,26-17-12-10-13-18-26)27-19-14-11-15-20-27/h9-15,17-20,23-25H,2,8,16,21-22H2,1,3-7H3/t23-,24+,25+/m1/s1. The van der Waals surface area contributed by atoms with Crippen LogP contribution in [0.5, 0.6) is 0 Å². The first-order chi connectivity index (χ1) is 14.8. The van der Waals surface area contributed by atoms with E-state index in [0.29, 0.717) is 5.92 Å². The van der Waals surface area contributed by atoms with Gasteiger partial charge in [-0.2, -0.15) is 0 Å². The Morgan fingerprint density at radius 3 is 1.81 bits per heavy atom. The first-order valence-electron chi connectivity index (χ1n) is 11.7. The van der Waals surface area contributed by atoms with Crippen molar-refractivity contribution >= 4 is 18.7 Å². The molecule has 0 fully saturated rings. The molecule has 3 heteroatoms. The van der Waals surface area contributed by atoms with Crippen LogP contribution in [0.2, 0.25) is 5.04 Å². The average Bonchev–Trinajstić information content (AvgIpc) is 2.77. The SMILES string of the molecule is C=C[C@@H](C)C[C@@H](C[C@H](CCC)O[Si](c1ccccc1)(c1ccccc1)C(C)(C)C)OC. The van der Waals surface area contributed by atoms with E-state index in [1.807, 2.05) is 13.2 Å². The summed E-state index contributed by atoms with van der Waals surface area (Å²) in [5, 5.41) is 2.66. The molecule has 0 aliphatic heterocycles. The lowest BCUT2D eigenvalue weighted by Gasteiger charge is -2.45. The molecule has 2 rings (SSSR count). The van der Waals surface area contributed by atoms with Crippen LogP contribution in [-0.4, -0.2) is 27.6 Å². The average molecular weight is 439 g/mol. The molecule has 3 atom stereocenters. The highest BCUT2D eigenvalue weighted by Crippen LogP contribution is 2.38. The van der Waals surface area contributed by atoms with Crippen LogP contribution >= 0.6 is 0 Å². The van der Waals surface area contributed by atoms with Crippen molar-refractivity contribution in [1.29, 1.82) is 0 Å². The number of methoxy groups -OCH3 is 1. The molecule has 0 unspecified atom stereocenters. The molecule has 0 saturated carbocycles. The molecule has 2 aromatic carbocycles. The molecule has 31 heavy (non-hydrogen) atoms. The topological polar surface area (TPSA) is 18.5 Å². The highest BCUT2D eigenvalue weighted by Gasteiger charge is 2.51. The summed E-state index contributed by atoms with van der Waals surface area (Å²) in [5.41, 5.74) is 0. The molecule has 0 spiro atoms. The Balaban J connectivity index is 2.52. The van der Waals surface area contributed by atoms with Crippen molar-refractivity contribution in [2.24, 2.45) is 5.92 Å². The van der Waals surface area contributed by atoms with Crippen molar-refractivity contribution in [1.82, 2.24) is 0 Å². The lowest BCUT2D eigenvalue weighted by Crippen LogP contribution is -2.67. The van der Waals surface area contributed by atoms with E-state index >= 15 is 0 Å². The van der Waals surface area contributed by atoms with Gasteiger partial charge in [-0.25, -0.2) is 0 Å². The molecule has 2 nitrogen and oxygen atoms in total. The summed E-state index contributed by atoms with van der Waals surface area (Å²) in [6.45, 7) is 15.4. The van der Waals surface area contributed by atoms with Gasteiger partial charge in [0.2, 0.25) is 0 Å². The molecule has 0 amide bonds. The molecule has 170 valence electrons. The van der Waals surface area contributed by atoms with Crippen molar-refractivity contribution in [3.63, 3.8) is 0 Å². The summed E-state index contributed by atoms with van der Waals surface area (Å²) in [6.07, 6.45) is 6.35. The predicted octanol–water partition coefficient (Wildman–Crippen LogP) is 6.35. The Labute approximate surface area is 191 Å². The lowest BCUT2D eigenvalue weighted by atomic mass is 9.98. The minimum absolute atomic E-state index is 0.0152. The Hall–Kier alpha value is -1.68. The number of allylic oxidation sites excluding steroid dienone is 1. The fourth-order valence-electron chi connectivity index (χ4n) is 4.58. The Kier molecular flexibility index (Phi) is 9.74.